The van der Waals surface area contributed by atoms with Crippen molar-refractivity contribution in [2.24, 2.45) is 0 Å². The van der Waals surface area contributed by atoms with Crippen molar-refractivity contribution in [2.45, 2.75) is 44.1 Å². The van der Waals surface area contributed by atoms with E-state index in [0.29, 0.717) is 30.6 Å². The van der Waals surface area contributed by atoms with Crippen LogP contribution >= 0.6 is 0 Å². The summed E-state index contributed by atoms with van der Waals surface area (Å²) in [6.45, 7) is 1.57. The Bertz CT molecular complexity index is 454. The molecule has 1 atom stereocenters. The van der Waals surface area contributed by atoms with Gasteiger partial charge >= 0.3 is 0 Å². The molecule has 0 spiro atoms. The highest BCUT2D eigenvalue weighted by Crippen LogP contribution is 2.35. The fourth-order valence-electron chi connectivity index (χ4n) is 2.71. The smallest absolute Gasteiger partial charge is 0.134 e. The van der Waals surface area contributed by atoms with Crippen LogP contribution in [0.4, 0.5) is 0 Å². The minimum Gasteiger partial charge on any atom is -0.493 e. The number of ether oxygens (including phenoxy) is 1. The molecule has 0 aromatic heterocycles. The zero-order valence-electron chi connectivity index (χ0n) is 11.2. The molecular weight excluding hydrogens is 238 g/mol. The van der Waals surface area contributed by atoms with Crippen LogP contribution in [0.3, 0.4) is 0 Å². The van der Waals surface area contributed by atoms with Crippen LogP contribution in [0.15, 0.2) is 24.3 Å². The molecule has 2 aliphatic rings. The molecule has 1 heterocycles. The Kier molecular flexibility index (Phi) is 3.83. The number of para-hydroxylation sites is 1. The van der Waals surface area contributed by atoms with Gasteiger partial charge in [0.1, 0.15) is 11.5 Å². The molecular formula is C16H21NO2. The lowest BCUT2D eigenvalue weighted by atomic mass is 9.88. The number of nitrogens with one attached hydrogen (secondary N) is 1. The minimum atomic E-state index is 0.346. The molecule has 3 heteroatoms. The van der Waals surface area contributed by atoms with Crippen molar-refractivity contribution < 1.29 is 9.53 Å². The molecule has 1 saturated carbocycles. The Morgan fingerprint density at radius 2 is 2.11 bits per heavy atom. The average molecular weight is 259 g/mol. The molecule has 1 N–H and O–H groups in total. The Balaban J connectivity index is 1.53. The maximum atomic E-state index is 12.0. The summed E-state index contributed by atoms with van der Waals surface area (Å²) in [6.07, 6.45) is 4.84. The number of fused-ring (bicyclic) bond motifs is 1. The van der Waals surface area contributed by atoms with Gasteiger partial charge in [0.2, 0.25) is 0 Å². The largest absolute Gasteiger partial charge is 0.493 e. The molecule has 0 amide bonds. The minimum absolute atomic E-state index is 0.346. The normalized spacial score (nSPS) is 21.6. The van der Waals surface area contributed by atoms with E-state index in [9.17, 15) is 4.79 Å². The van der Waals surface area contributed by atoms with Gasteiger partial charge in [0.25, 0.3) is 0 Å². The van der Waals surface area contributed by atoms with Crippen molar-refractivity contribution in [3.05, 3.63) is 29.8 Å². The highest BCUT2D eigenvalue weighted by molar-refractivity contribution is 5.79. The van der Waals surface area contributed by atoms with Gasteiger partial charge in [-0.05, 0) is 36.8 Å². The summed E-state index contributed by atoms with van der Waals surface area (Å²) >= 11 is 0. The lowest BCUT2D eigenvalue weighted by Crippen LogP contribution is -2.22. The van der Waals surface area contributed by atoms with E-state index < -0.39 is 0 Å². The third-order valence-electron chi connectivity index (χ3n) is 3.97. The molecule has 1 unspecified atom stereocenters. The van der Waals surface area contributed by atoms with Gasteiger partial charge in [-0.25, -0.2) is 0 Å². The molecule has 0 saturated heterocycles. The zero-order valence-corrected chi connectivity index (χ0v) is 11.2. The van der Waals surface area contributed by atoms with Crippen LogP contribution in [0.25, 0.3) is 0 Å². The van der Waals surface area contributed by atoms with Crippen molar-refractivity contribution in [3.63, 3.8) is 0 Å². The Morgan fingerprint density at radius 3 is 2.95 bits per heavy atom. The topological polar surface area (TPSA) is 38.3 Å². The first-order valence-electron chi connectivity index (χ1n) is 7.30. The lowest BCUT2D eigenvalue weighted by Gasteiger charge is -2.25. The molecule has 19 heavy (non-hydrogen) atoms. The van der Waals surface area contributed by atoms with E-state index >= 15 is 0 Å². The number of Topliss-reactive ketones (excluding diaryl/α,β-unsaturated/α-hetero) is 1. The molecule has 1 aromatic carbocycles. The fourth-order valence-corrected chi connectivity index (χ4v) is 2.71. The van der Waals surface area contributed by atoms with Crippen molar-refractivity contribution in [3.8, 4) is 5.75 Å². The van der Waals surface area contributed by atoms with Crippen LogP contribution in [0.5, 0.6) is 5.75 Å². The van der Waals surface area contributed by atoms with Crippen molar-refractivity contribution in [1.82, 2.24) is 5.32 Å². The van der Waals surface area contributed by atoms with Crippen LogP contribution < -0.4 is 10.1 Å². The van der Waals surface area contributed by atoms with Crippen molar-refractivity contribution in [2.75, 3.05) is 13.2 Å². The maximum Gasteiger partial charge on any atom is 0.134 e. The first-order valence-corrected chi connectivity index (χ1v) is 7.30. The van der Waals surface area contributed by atoms with Gasteiger partial charge in [0.15, 0.2) is 0 Å². The summed E-state index contributed by atoms with van der Waals surface area (Å²) in [5.74, 6) is 1.68. The molecule has 102 valence electrons. The van der Waals surface area contributed by atoms with E-state index in [2.05, 4.69) is 11.4 Å². The van der Waals surface area contributed by atoms with E-state index in [0.717, 1.165) is 25.3 Å². The number of ketones is 1. The zero-order chi connectivity index (χ0) is 13.1. The fraction of sp³-hybridized carbons (Fsp3) is 0.562. The Morgan fingerprint density at radius 1 is 1.26 bits per heavy atom. The highest BCUT2D eigenvalue weighted by atomic mass is 16.5. The number of carbonyl (C=O) groups is 1. The Labute approximate surface area is 114 Å². The van der Waals surface area contributed by atoms with E-state index in [-0.39, 0.29) is 0 Å². The van der Waals surface area contributed by atoms with Crippen LogP contribution in [-0.2, 0) is 4.79 Å². The standard InChI is InChI=1S/C16H21NO2/c18-14(7-9-17-13-5-6-13)11-12-8-10-19-16-4-2-1-3-15(12)16/h1-4,12-13,17H,5-11H2. The first kappa shape index (κ1) is 12.7. The van der Waals surface area contributed by atoms with Crippen LogP contribution in [0.1, 0.15) is 43.6 Å². The molecule has 0 bridgehead atoms. The van der Waals surface area contributed by atoms with Crippen molar-refractivity contribution in [1.29, 1.82) is 0 Å². The quantitative estimate of drug-likeness (QED) is 0.853. The molecule has 3 nitrogen and oxygen atoms in total. The molecule has 3 rings (SSSR count). The third kappa shape index (κ3) is 3.35. The van der Waals surface area contributed by atoms with Gasteiger partial charge in [0, 0.05) is 25.4 Å². The summed E-state index contributed by atoms with van der Waals surface area (Å²) in [4.78, 5) is 12.0. The van der Waals surface area contributed by atoms with E-state index in [4.69, 9.17) is 4.74 Å². The highest BCUT2D eigenvalue weighted by Gasteiger charge is 2.24. The molecule has 1 aromatic rings. The lowest BCUT2D eigenvalue weighted by molar-refractivity contribution is -0.119. The number of carbonyl (C=O) groups excluding carboxylic acids is 1. The van der Waals surface area contributed by atoms with E-state index in [1.807, 2.05) is 18.2 Å². The molecule has 1 fully saturated rings. The number of hydrogen-bond donors (Lipinski definition) is 1. The Hall–Kier alpha value is -1.35. The van der Waals surface area contributed by atoms with Gasteiger partial charge < -0.3 is 10.1 Å². The summed E-state index contributed by atoms with van der Waals surface area (Å²) in [5, 5.41) is 3.40. The average Bonchev–Trinajstić information content (AvgIpc) is 3.23. The first-order chi connectivity index (χ1) is 9.33. The van der Waals surface area contributed by atoms with Gasteiger partial charge in [-0.15, -0.1) is 0 Å². The predicted molar refractivity (Wildman–Crippen MR) is 74.6 cm³/mol. The number of hydrogen-bond acceptors (Lipinski definition) is 3. The van der Waals surface area contributed by atoms with Crippen LogP contribution in [0.2, 0.25) is 0 Å². The third-order valence-corrected chi connectivity index (χ3v) is 3.97. The second-order valence-corrected chi connectivity index (χ2v) is 5.59. The molecule has 0 radical (unpaired) electrons. The van der Waals surface area contributed by atoms with Gasteiger partial charge in [-0.1, -0.05) is 18.2 Å². The second-order valence-electron chi connectivity index (χ2n) is 5.59. The number of benzene rings is 1. The maximum absolute atomic E-state index is 12.0. The van der Waals surface area contributed by atoms with Crippen LogP contribution in [0, 0.1) is 0 Å². The summed E-state index contributed by atoms with van der Waals surface area (Å²) in [5.41, 5.74) is 1.21. The summed E-state index contributed by atoms with van der Waals surface area (Å²) in [6, 6.07) is 8.80. The monoisotopic (exact) mass is 259 g/mol. The van der Waals surface area contributed by atoms with Crippen LogP contribution in [-0.4, -0.2) is 25.0 Å². The SMILES string of the molecule is O=C(CCNC1CC1)CC1CCOc2ccccc21. The van der Waals surface area contributed by atoms with Gasteiger partial charge in [-0.2, -0.15) is 0 Å². The van der Waals surface area contributed by atoms with E-state index in [1.54, 1.807) is 0 Å². The second kappa shape index (κ2) is 5.74. The molecule has 1 aliphatic heterocycles. The van der Waals surface area contributed by atoms with Crippen molar-refractivity contribution >= 4 is 5.78 Å². The predicted octanol–water partition coefficient (Wildman–Crippen LogP) is 2.65. The van der Waals surface area contributed by atoms with Gasteiger partial charge in [0.05, 0.1) is 6.61 Å². The van der Waals surface area contributed by atoms with Gasteiger partial charge in [-0.3, -0.25) is 4.79 Å². The summed E-state index contributed by atoms with van der Waals surface area (Å²) < 4.78 is 5.63. The molecule has 1 aliphatic carbocycles. The summed E-state index contributed by atoms with van der Waals surface area (Å²) in [7, 11) is 0. The number of rotatable bonds is 6. The van der Waals surface area contributed by atoms with E-state index in [1.165, 1.54) is 18.4 Å².